The lowest BCUT2D eigenvalue weighted by Crippen LogP contribution is -2.53. The zero-order valence-corrected chi connectivity index (χ0v) is 11.8. The molecule has 100 valence electrons. The van der Waals surface area contributed by atoms with E-state index in [1.807, 2.05) is 6.08 Å². The summed E-state index contributed by atoms with van der Waals surface area (Å²) >= 11 is 0. The Labute approximate surface area is 107 Å². The molecule has 17 heavy (non-hydrogen) atoms. The van der Waals surface area contributed by atoms with Gasteiger partial charge in [0.1, 0.15) is 0 Å². The van der Waals surface area contributed by atoms with Crippen molar-refractivity contribution in [2.24, 2.45) is 11.1 Å². The quantitative estimate of drug-likeness (QED) is 0.718. The van der Waals surface area contributed by atoms with Crippen LogP contribution >= 0.6 is 0 Å². The van der Waals surface area contributed by atoms with Gasteiger partial charge in [0.05, 0.1) is 5.60 Å². The van der Waals surface area contributed by atoms with Crippen LogP contribution in [0.1, 0.15) is 59.3 Å². The van der Waals surface area contributed by atoms with Gasteiger partial charge >= 0.3 is 0 Å². The predicted molar refractivity (Wildman–Crippen MR) is 74.0 cm³/mol. The van der Waals surface area contributed by atoms with Crippen LogP contribution in [0.5, 0.6) is 0 Å². The van der Waals surface area contributed by atoms with E-state index in [4.69, 9.17) is 10.5 Å². The van der Waals surface area contributed by atoms with Crippen molar-refractivity contribution < 1.29 is 4.74 Å². The summed E-state index contributed by atoms with van der Waals surface area (Å²) in [5.41, 5.74) is 6.75. The van der Waals surface area contributed by atoms with Crippen LogP contribution in [0, 0.1) is 5.41 Å². The van der Waals surface area contributed by atoms with Crippen LogP contribution in [0.25, 0.3) is 0 Å². The Bertz CT molecular complexity index is 237. The van der Waals surface area contributed by atoms with E-state index >= 15 is 0 Å². The second-order valence-electron chi connectivity index (χ2n) is 6.13. The smallest absolute Gasteiger partial charge is 0.0833 e. The van der Waals surface area contributed by atoms with E-state index in [9.17, 15) is 0 Å². The molecule has 1 saturated carbocycles. The van der Waals surface area contributed by atoms with Crippen LogP contribution in [0.4, 0.5) is 0 Å². The van der Waals surface area contributed by atoms with Crippen molar-refractivity contribution in [3.63, 3.8) is 0 Å². The highest BCUT2D eigenvalue weighted by molar-refractivity contribution is 4.98. The molecule has 1 atom stereocenters. The minimum Gasteiger partial charge on any atom is -0.374 e. The molecular weight excluding hydrogens is 210 g/mol. The van der Waals surface area contributed by atoms with Crippen LogP contribution in [0.2, 0.25) is 0 Å². The molecule has 0 spiro atoms. The normalized spacial score (nSPS) is 24.2. The maximum atomic E-state index is 6.37. The molecule has 2 heteroatoms. The first-order valence-electron chi connectivity index (χ1n) is 6.96. The lowest BCUT2D eigenvalue weighted by molar-refractivity contribution is -0.1000. The molecule has 0 aromatic heterocycles. The first kappa shape index (κ1) is 14.7. The Kier molecular flexibility index (Phi) is 5.21. The summed E-state index contributed by atoms with van der Waals surface area (Å²) in [7, 11) is 0. The average molecular weight is 239 g/mol. The third-order valence-corrected chi connectivity index (χ3v) is 4.24. The molecule has 0 heterocycles. The highest BCUT2D eigenvalue weighted by Crippen LogP contribution is 2.43. The van der Waals surface area contributed by atoms with Crippen LogP contribution in [-0.4, -0.2) is 18.2 Å². The van der Waals surface area contributed by atoms with Gasteiger partial charge in [0, 0.05) is 12.6 Å². The van der Waals surface area contributed by atoms with Gasteiger partial charge in [0.2, 0.25) is 0 Å². The summed E-state index contributed by atoms with van der Waals surface area (Å²) in [6.45, 7) is 11.3. The van der Waals surface area contributed by atoms with E-state index in [2.05, 4.69) is 27.4 Å². The molecule has 1 fully saturated rings. The van der Waals surface area contributed by atoms with Gasteiger partial charge in [-0.3, -0.25) is 0 Å². The standard InChI is InChI=1S/C15H29NO/c1-5-7-8-13(16)15(17-6-2)11-9-14(3,4)10-12-15/h5,13H,1,6-12,16H2,2-4H3. The zero-order chi connectivity index (χ0) is 12.9. The Morgan fingerprint density at radius 1 is 1.29 bits per heavy atom. The molecule has 1 aliphatic rings. The highest BCUT2D eigenvalue weighted by atomic mass is 16.5. The molecule has 2 N–H and O–H groups in total. The second kappa shape index (κ2) is 6.01. The number of nitrogens with two attached hydrogens (primary N) is 1. The van der Waals surface area contributed by atoms with Crippen LogP contribution in [0.15, 0.2) is 12.7 Å². The van der Waals surface area contributed by atoms with Crippen molar-refractivity contribution in [2.45, 2.75) is 70.9 Å². The van der Waals surface area contributed by atoms with Gasteiger partial charge in [0.25, 0.3) is 0 Å². The van der Waals surface area contributed by atoms with Gasteiger partial charge in [-0.1, -0.05) is 19.9 Å². The molecule has 1 rings (SSSR count). The van der Waals surface area contributed by atoms with E-state index in [-0.39, 0.29) is 11.6 Å². The average Bonchev–Trinajstić information content (AvgIpc) is 2.29. The molecule has 2 nitrogen and oxygen atoms in total. The minimum atomic E-state index is -0.0761. The number of hydrogen-bond acceptors (Lipinski definition) is 2. The fraction of sp³-hybridized carbons (Fsp3) is 0.867. The third kappa shape index (κ3) is 3.82. The molecule has 0 radical (unpaired) electrons. The second-order valence-corrected chi connectivity index (χ2v) is 6.13. The number of allylic oxidation sites excluding steroid dienone is 1. The Balaban J connectivity index is 2.66. The molecule has 0 aromatic rings. The maximum absolute atomic E-state index is 6.37. The molecule has 0 saturated heterocycles. The topological polar surface area (TPSA) is 35.2 Å². The Morgan fingerprint density at radius 3 is 2.35 bits per heavy atom. The summed E-state index contributed by atoms with van der Waals surface area (Å²) in [6.07, 6.45) is 8.57. The maximum Gasteiger partial charge on any atom is 0.0833 e. The van der Waals surface area contributed by atoms with E-state index in [1.54, 1.807) is 0 Å². The lowest BCUT2D eigenvalue weighted by Gasteiger charge is -2.46. The summed E-state index contributed by atoms with van der Waals surface area (Å²) in [4.78, 5) is 0. The zero-order valence-electron chi connectivity index (χ0n) is 11.8. The van der Waals surface area contributed by atoms with Gasteiger partial charge in [-0.25, -0.2) is 0 Å². The molecule has 1 unspecified atom stereocenters. The van der Waals surface area contributed by atoms with Crippen molar-refractivity contribution >= 4 is 0 Å². The van der Waals surface area contributed by atoms with Gasteiger partial charge in [-0.15, -0.1) is 6.58 Å². The van der Waals surface area contributed by atoms with Crippen molar-refractivity contribution in [1.29, 1.82) is 0 Å². The Hall–Kier alpha value is -0.340. The van der Waals surface area contributed by atoms with Crippen molar-refractivity contribution in [2.75, 3.05) is 6.61 Å². The van der Waals surface area contributed by atoms with Crippen molar-refractivity contribution in [3.8, 4) is 0 Å². The van der Waals surface area contributed by atoms with E-state index < -0.39 is 0 Å². The molecule has 0 aliphatic heterocycles. The fourth-order valence-corrected chi connectivity index (χ4v) is 2.82. The van der Waals surface area contributed by atoms with Crippen molar-refractivity contribution in [3.05, 3.63) is 12.7 Å². The molecule has 0 aromatic carbocycles. The summed E-state index contributed by atoms with van der Waals surface area (Å²) < 4.78 is 6.06. The number of hydrogen-bond donors (Lipinski definition) is 1. The number of rotatable bonds is 6. The van der Waals surface area contributed by atoms with Crippen LogP contribution in [0.3, 0.4) is 0 Å². The molecule has 1 aliphatic carbocycles. The molecule has 0 bridgehead atoms. The monoisotopic (exact) mass is 239 g/mol. The summed E-state index contributed by atoms with van der Waals surface area (Å²) in [6, 6.07) is 0.150. The lowest BCUT2D eigenvalue weighted by atomic mass is 9.68. The SMILES string of the molecule is C=CCCC(N)C1(OCC)CCC(C)(C)CC1. The van der Waals surface area contributed by atoms with Gasteiger partial charge in [0.15, 0.2) is 0 Å². The summed E-state index contributed by atoms with van der Waals surface area (Å²) in [5.74, 6) is 0. The third-order valence-electron chi connectivity index (χ3n) is 4.24. The van der Waals surface area contributed by atoms with Gasteiger partial charge < -0.3 is 10.5 Å². The molecule has 0 amide bonds. The van der Waals surface area contributed by atoms with Gasteiger partial charge in [-0.05, 0) is 50.9 Å². The number of ether oxygens (including phenoxy) is 1. The molecular formula is C15H29NO. The van der Waals surface area contributed by atoms with Crippen LogP contribution in [-0.2, 0) is 4.74 Å². The van der Waals surface area contributed by atoms with Gasteiger partial charge in [-0.2, -0.15) is 0 Å². The van der Waals surface area contributed by atoms with Crippen molar-refractivity contribution in [1.82, 2.24) is 0 Å². The predicted octanol–water partition coefficient (Wildman–Crippen LogP) is 3.66. The largest absolute Gasteiger partial charge is 0.374 e. The first-order chi connectivity index (χ1) is 7.96. The van der Waals surface area contributed by atoms with E-state index in [0.29, 0.717) is 5.41 Å². The fourth-order valence-electron chi connectivity index (χ4n) is 2.82. The Morgan fingerprint density at radius 2 is 1.88 bits per heavy atom. The highest BCUT2D eigenvalue weighted by Gasteiger charge is 2.42. The van der Waals surface area contributed by atoms with E-state index in [1.165, 1.54) is 12.8 Å². The minimum absolute atomic E-state index is 0.0761. The summed E-state index contributed by atoms with van der Waals surface area (Å²) in [5, 5.41) is 0. The van der Waals surface area contributed by atoms with Crippen LogP contribution < -0.4 is 5.73 Å². The first-order valence-corrected chi connectivity index (χ1v) is 6.96. The van der Waals surface area contributed by atoms with E-state index in [0.717, 1.165) is 32.3 Å².